The van der Waals surface area contributed by atoms with Crippen LogP contribution in [-0.2, 0) is 0 Å². The summed E-state index contributed by atoms with van der Waals surface area (Å²) in [6.45, 7) is 2.04. The smallest absolute Gasteiger partial charge is 0.337 e. The molecule has 0 aliphatic rings. The van der Waals surface area contributed by atoms with E-state index in [2.05, 4.69) is 11.1 Å². The van der Waals surface area contributed by atoms with Gasteiger partial charge in [0.15, 0.2) is 0 Å². The number of aromatic carboxylic acids is 1. The highest BCUT2D eigenvalue weighted by Gasteiger charge is 2.12. The third kappa shape index (κ3) is 2.76. The van der Waals surface area contributed by atoms with E-state index in [-0.39, 0.29) is 5.56 Å². The topological polar surface area (TPSA) is 50.2 Å². The second kappa shape index (κ2) is 5.58. The van der Waals surface area contributed by atoms with Gasteiger partial charge in [-0.15, -0.1) is 0 Å². The number of pyridine rings is 1. The predicted octanol–water partition coefficient (Wildman–Crippen LogP) is 4.39. The third-order valence-corrected chi connectivity index (χ3v) is 4.20. The molecular formula is C17H13NO2S. The molecule has 21 heavy (non-hydrogen) atoms. The molecule has 1 N–H and O–H groups in total. The first-order chi connectivity index (χ1) is 10.1. The molecule has 3 aromatic rings. The first kappa shape index (κ1) is 13.6. The zero-order chi connectivity index (χ0) is 14.8. The van der Waals surface area contributed by atoms with Crippen LogP contribution in [0.1, 0.15) is 15.9 Å². The molecule has 0 saturated carbocycles. The lowest BCUT2D eigenvalue weighted by atomic mass is 10.1. The van der Waals surface area contributed by atoms with Gasteiger partial charge in [-0.1, -0.05) is 53.7 Å². The molecule has 0 bridgehead atoms. The van der Waals surface area contributed by atoms with Crippen LogP contribution in [-0.4, -0.2) is 16.1 Å². The van der Waals surface area contributed by atoms with E-state index in [1.807, 2.05) is 49.4 Å². The molecule has 1 heterocycles. The van der Waals surface area contributed by atoms with E-state index in [0.717, 1.165) is 20.7 Å². The summed E-state index contributed by atoms with van der Waals surface area (Å²) in [4.78, 5) is 16.7. The van der Waals surface area contributed by atoms with Crippen molar-refractivity contribution < 1.29 is 9.90 Å². The van der Waals surface area contributed by atoms with Gasteiger partial charge in [0.2, 0.25) is 0 Å². The number of carboxylic acids is 1. The minimum absolute atomic E-state index is 0.235. The molecule has 0 aliphatic heterocycles. The van der Waals surface area contributed by atoms with Crippen molar-refractivity contribution >= 4 is 28.5 Å². The van der Waals surface area contributed by atoms with Crippen LogP contribution in [0.5, 0.6) is 0 Å². The number of benzene rings is 2. The second-order valence-corrected chi connectivity index (χ2v) is 5.81. The number of rotatable bonds is 3. The Morgan fingerprint density at radius 1 is 1.10 bits per heavy atom. The molecular weight excluding hydrogens is 282 g/mol. The Balaban J connectivity index is 2.12. The Hall–Kier alpha value is -2.33. The van der Waals surface area contributed by atoms with Gasteiger partial charge in [0.05, 0.1) is 5.56 Å². The van der Waals surface area contributed by atoms with Crippen molar-refractivity contribution in [3.8, 4) is 0 Å². The highest BCUT2D eigenvalue weighted by atomic mass is 32.2. The quantitative estimate of drug-likeness (QED) is 0.778. The predicted molar refractivity (Wildman–Crippen MR) is 84.0 cm³/mol. The average molecular weight is 295 g/mol. The van der Waals surface area contributed by atoms with E-state index in [0.29, 0.717) is 0 Å². The fourth-order valence-electron chi connectivity index (χ4n) is 2.21. The minimum Gasteiger partial charge on any atom is -0.478 e. The summed E-state index contributed by atoms with van der Waals surface area (Å²) in [6.07, 6.45) is 1.43. The lowest BCUT2D eigenvalue weighted by Gasteiger charge is -2.08. The summed E-state index contributed by atoms with van der Waals surface area (Å²) in [5.74, 6) is -0.953. The fraction of sp³-hybridized carbons (Fsp3) is 0.0588. The molecule has 3 nitrogen and oxygen atoms in total. The summed E-state index contributed by atoms with van der Waals surface area (Å²) in [6, 6.07) is 15.6. The van der Waals surface area contributed by atoms with Gasteiger partial charge < -0.3 is 5.11 Å². The standard InChI is InChI=1S/C17H13NO2S/c1-11-5-4-6-12(9-11)21-16-14-8-3-2-7-13(14)15(10-18-16)17(19)20/h2-10H,1H3,(H,19,20). The summed E-state index contributed by atoms with van der Waals surface area (Å²) < 4.78 is 0. The monoisotopic (exact) mass is 295 g/mol. The number of carbonyl (C=O) groups is 1. The molecule has 0 saturated heterocycles. The van der Waals surface area contributed by atoms with E-state index >= 15 is 0 Å². The van der Waals surface area contributed by atoms with E-state index in [4.69, 9.17) is 0 Å². The van der Waals surface area contributed by atoms with Gasteiger partial charge in [-0.05, 0) is 19.1 Å². The Kier molecular flexibility index (Phi) is 3.62. The van der Waals surface area contributed by atoms with Gasteiger partial charge in [0.1, 0.15) is 5.03 Å². The summed E-state index contributed by atoms with van der Waals surface area (Å²) in [7, 11) is 0. The first-order valence-electron chi connectivity index (χ1n) is 6.51. The Bertz CT molecular complexity index is 830. The lowest BCUT2D eigenvalue weighted by Crippen LogP contribution is -1.99. The minimum atomic E-state index is -0.953. The second-order valence-electron chi connectivity index (χ2n) is 4.75. The summed E-state index contributed by atoms with van der Waals surface area (Å²) >= 11 is 1.55. The average Bonchev–Trinajstić information content (AvgIpc) is 2.47. The Morgan fingerprint density at radius 3 is 2.57 bits per heavy atom. The maximum Gasteiger partial charge on any atom is 0.337 e. The van der Waals surface area contributed by atoms with Gasteiger partial charge in [0.25, 0.3) is 0 Å². The number of carboxylic acid groups (broad SMARTS) is 1. The molecule has 0 atom stereocenters. The number of nitrogens with zero attached hydrogens (tertiary/aromatic N) is 1. The lowest BCUT2D eigenvalue weighted by molar-refractivity contribution is 0.0698. The third-order valence-electron chi connectivity index (χ3n) is 3.19. The van der Waals surface area contributed by atoms with Crippen LogP contribution in [0.15, 0.2) is 64.6 Å². The maximum atomic E-state index is 11.3. The van der Waals surface area contributed by atoms with Crippen LogP contribution >= 0.6 is 11.8 Å². The Labute approximate surface area is 126 Å². The van der Waals surface area contributed by atoms with Crippen LogP contribution < -0.4 is 0 Å². The highest BCUT2D eigenvalue weighted by molar-refractivity contribution is 7.99. The van der Waals surface area contributed by atoms with Crippen molar-refractivity contribution in [3.05, 3.63) is 65.9 Å². The maximum absolute atomic E-state index is 11.3. The normalized spacial score (nSPS) is 10.7. The van der Waals surface area contributed by atoms with E-state index in [1.165, 1.54) is 11.8 Å². The van der Waals surface area contributed by atoms with E-state index in [9.17, 15) is 9.90 Å². The molecule has 0 unspecified atom stereocenters. The van der Waals surface area contributed by atoms with Crippen LogP contribution in [0, 0.1) is 6.92 Å². The summed E-state index contributed by atoms with van der Waals surface area (Å²) in [5.41, 5.74) is 1.42. The van der Waals surface area contributed by atoms with Crippen LogP contribution in [0.25, 0.3) is 10.8 Å². The Morgan fingerprint density at radius 2 is 1.86 bits per heavy atom. The molecule has 0 radical (unpaired) electrons. The molecule has 0 fully saturated rings. The van der Waals surface area contributed by atoms with Crippen LogP contribution in [0.2, 0.25) is 0 Å². The molecule has 2 aromatic carbocycles. The molecule has 104 valence electrons. The molecule has 0 aliphatic carbocycles. The number of hydrogen-bond donors (Lipinski definition) is 1. The number of hydrogen-bond acceptors (Lipinski definition) is 3. The van der Waals surface area contributed by atoms with E-state index < -0.39 is 5.97 Å². The van der Waals surface area contributed by atoms with E-state index in [1.54, 1.807) is 11.8 Å². The van der Waals surface area contributed by atoms with Crippen molar-refractivity contribution in [3.63, 3.8) is 0 Å². The van der Waals surface area contributed by atoms with Gasteiger partial charge >= 0.3 is 5.97 Å². The van der Waals surface area contributed by atoms with Crippen molar-refractivity contribution in [2.24, 2.45) is 0 Å². The van der Waals surface area contributed by atoms with Gasteiger partial charge in [-0.25, -0.2) is 9.78 Å². The fourth-order valence-corrected chi connectivity index (χ4v) is 3.22. The SMILES string of the molecule is Cc1cccc(Sc2ncc(C(=O)O)c3ccccc23)c1. The first-order valence-corrected chi connectivity index (χ1v) is 7.32. The number of aryl methyl sites for hydroxylation is 1. The molecule has 4 heteroatoms. The summed E-state index contributed by atoms with van der Waals surface area (Å²) in [5, 5.41) is 11.7. The van der Waals surface area contributed by atoms with Crippen molar-refractivity contribution in [1.82, 2.24) is 4.98 Å². The van der Waals surface area contributed by atoms with Gasteiger partial charge in [-0.3, -0.25) is 0 Å². The number of aromatic nitrogens is 1. The molecule has 1 aromatic heterocycles. The molecule has 0 spiro atoms. The zero-order valence-corrected chi connectivity index (χ0v) is 12.2. The highest BCUT2D eigenvalue weighted by Crippen LogP contribution is 2.33. The zero-order valence-electron chi connectivity index (χ0n) is 11.4. The van der Waals surface area contributed by atoms with Gasteiger partial charge in [-0.2, -0.15) is 0 Å². The molecule has 3 rings (SSSR count). The van der Waals surface area contributed by atoms with Crippen LogP contribution in [0.4, 0.5) is 0 Å². The van der Waals surface area contributed by atoms with Crippen molar-refractivity contribution in [2.75, 3.05) is 0 Å². The van der Waals surface area contributed by atoms with Crippen molar-refractivity contribution in [1.29, 1.82) is 0 Å². The van der Waals surface area contributed by atoms with Crippen molar-refractivity contribution in [2.45, 2.75) is 16.8 Å². The largest absolute Gasteiger partial charge is 0.478 e. The number of fused-ring (bicyclic) bond motifs is 1. The van der Waals surface area contributed by atoms with Gasteiger partial charge in [0, 0.05) is 21.9 Å². The van der Waals surface area contributed by atoms with Crippen LogP contribution in [0.3, 0.4) is 0 Å². The molecule has 0 amide bonds.